The highest BCUT2D eigenvalue weighted by molar-refractivity contribution is 7.90. The molecular formula is C34H30ClN5O4S. The molecule has 0 saturated heterocycles. The lowest BCUT2D eigenvalue weighted by Crippen LogP contribution is -2.46. The summed E-state index contributed by atoms with van der Waals surface area (Å²) < 4.78 is 29.4. The molecule has 228 valence electrons. The van der Waals surface area contributed by atoms with Crippen molar-refractivity contribution in [3.8, 4) is 16.9 Å². The Morgan fingerprint density at radius 1 is 1.00 bits per heavy atom. The zero-order valence-electron chi connectivity index (χ0n) is 24.5. The van der Waals surface area contributed by atoms with Gasteiger partial charge in [0.1, 0.15) is 5.69 Å². The summed E-state index contributed by atoms with van der Waals surface area (Å²) in [5.74, 6) is -0.0170. The van der Waals surface area contributed by atoms with Crippen LogP contribution in [0.15, 0.2) is 96.0 Å². The lowest BCUT2D eigenvalue weighted by atomic mass is 10.0. The molecule has 3 amide bonds. The number of rotatable bonds is 7. The lowest BCUT2D eigenvalue weighted by molar-refractivity contribution is 0.0773. The number of benzene rings is 3. The number of likely N-dealkylation sites (N-methyl/N-ethyl adjacent to an activating group) is 1. The number of sulfonamides is 1. The second kappa shape index (κ2) is 11.0. The first-order valence-electron chi connectivity index (χ1n) is 14.7. The van der Waals surface area contributed by atoms with Gasteiger partial charge in [0.05, 0.1) is 16.1 Å². The SMILES string of the molecule is CN1CCc2c(n(-c3ccc(CC4(NC(=O)NS(=O)(=O)c5ccc(Cl)cc5)CC4)cc3)c3ccc(-c4ccccn4)cc23)C1=O. The van der Waals surface area contributed by atoms with Gasteiger partial charge >= 0.3 is 6.03 Å². The molecule has 0 unspecified atom stereocenters. The van der Waals surface area contributed by atoms with Crippen molar-refractivity contribution in [3.05, 3.63) is 113 Å². The van der Waals surface area contributed by atoms with Crippen molar-refractivity contribution in [2.45, 2.75) is 36.1 Å². The number of nitrogens with one attached hydrogen (secondary N) is 2. The second-order valence-corrected chi connectivity index (χ2v) is 13.8. The molecule has 2 aliphatic rings. The Bertz CT molecular complexity index is 2060. The summed E-state index contributed by atoms with van der Waals surface area (Å²) >= 11 is 5.86. The average molecular weight is 640 g/mol. The molecule has 3 heterocycles. The van der Waals surface area contributed by atoms with Gasteiger partial charge in [-0.3, -0.25) is 9.78 Å². The number of hydrogen-bond acceptors (Lipinski definition) is 5. The number of carbonyl (C=O) groups is 2. The fraction of sp³-hybridized carbons (Fsp3) is 0.206. The summed E-state index contributed by atoms with van der Waals surface area (Å²) in [4.78, 5) is 32.4. The van der Waals surface area contributed by atoms with Crippen LogP contribution in [-0.2, 0) is 22.9 Å². The van der Waals surface area contributed by atoms with Crippen LogP contribution in [0.3, 0.4) is 0 Å². The highest BCUT2D eigenvalue weighted by Gasteiger charge is 2.44. The Morgan fingerprint density at radius 2 is 1.76 bits per heavy atom. The maximum atomic E-state index is 13.5. The molecule has 0 radical (unpaired) electrons. The summed E-state index contributed by atoms with van der Waals surface area (Å²) in [6.07, 6.45) is 4.55. The number of urea groups is 1. The summed E-state index contributed by atoms with van der Waals surface area (Å²) in [6, 6.07) is 24.9. The molecule has 0 bridgehead atoms. The van der Waals surface area contributed by atoms with Crippen LogP contribution >= 0.6 is 11.6 Å². The van der Waals surface area contributed by atoms with Crippen LogP contribution in [0.1, 0.15) is 34.5 Å². The number of halogens is 1. The minimum Gasteiger partial charge on any atom is -0.340 e. The van der Waals surface area contributed by atoms with E-state index in [0.717, 1.165) is 58.2 Å². The molecule has 2 N–H and O–H groups in total. The van der Waals surface area contributed by atoms with E-state index >= 15 is 0 Å². The third-order valence-electron chi connectivity index (χ3n) is 8.60. The van der Waals surface area contributed by atoms with Crippen molar-refractivity contribution in [1.82, 2.24) is 24.5 Å². The maximum Gasteiger partial charge on any atom is 0.329 e. The smallest absolute Gasteiger partial charge is 0.329 e. The molecule has 1 fully saturated rings. The van der Waals surface area contributed by atoms with Gasteiger partial charge in [0.25, 0.3) is 15.9 Å². The van der Waals surface area contributed by atoms with Gasteiger partial charge in [-0.15, -0.1) is 0 Å². The number of aromatic nitrogens is 2. The van der Waals surface area contributed by atoms with Crippen molar-refractivity contribution in [3.63, 3.8) is 0 Å². The van der Waals surface area contributed by atoms with Crippen LogP contribution in [0.4, 0.5) is 4.79 Å². The van der Waals surface area contributed by atoms with Crippen molar-refractivity contribution in [2.24, 2.45) is 0 Å². The topological polar surface area (TPSA) is 113 Å². The number of carbonyl (C=O) groups excluding carboxylic acids is 2. The van der Waals surface area contributed by atoms with Gasteiger partial charge in [-0.05, 0) is 97.5 Å². The van der Waals surface area contributed by atoms with Gasteiger partial charge in [-0.2, -0.15) is 0 Å². The summed E-state index contributed by atoms with van der Waals surface area (Å²) in [7, 11) is -2.21. The van der Waals surface area contributed by atoms with Gasteiger partial charge in [0, 0.05) is 47.0 Å². The van der Waals surface area contributed by atoms with Crippen LogP contribution in [-0.4, -0.2) is 53.9 Å². The van der Waals surface area contributed by atoms with Gasteiger partial charge in [-0.1, -0.05) is 35.9 Å². The molecule has 7 rings (SSSR count). The Hall–Kier alpha value is -4.67. The quantitative estimate of drug-likeness (QED) is 0.236. The van der Waals surface area contributed by atoms with Crippen molar-refractivity contribution >= 4 is 44.5 Å². The monoisotopic (exact) mass is 639 g/mol. The zero-order chi connectivity index (χ0) is 31.3. The maximum absolute atomic E-state index is 13.5. The van der Waals surface area contributed by atoms with Crippen molar-refractivity contribution in [2.75, 3.05) is 13.6 Å². The Kier molecular flexibility index (Phi) is 7.13. The van der Waals surface area contributed by atoms with E-state index in [0.29, 0.717) is 23.7 Å². The minimum absolute atomic E-state index is 0.0170. The van der Waals surface area contributed by atoms with Gasteiger partial charge in [0.2, 0.25) is 0 Å². The first-order valence-corrected chi connectivity index (χ1v) is 16.5. The molecule has 45 heavy (non-hydrogen) atoms. The number of fused-ring (bicyclic) bond motifs is 3. The summed E-state index contributed by atoms with van der Waals surface area (Å²) in [5.41, 5.74) is 5.86. The van der Waals surface area contributed by atoms with E-state index in [4.69, 9.17) is 11.6 Å². The standard InChI is InChI=1S/C34H30ClN5O4S/c1-39-19-15-27-28-20-23(29-4-2-3-18-36-29)7-14-30(28)40(31(27)32(39)41)25-10-5-22(6-11-25)21-34(16-17-34)37-33(42)38-45(43,44)26-12-8-24(35)9-13-26/h2-14,18,20H,15-17,19,21H2,1H3,(H2,37,38,42). The molecule has 1 aliphatic heterocycles. The predicted molar refractivity (Wildman–Crippen MR) is 173 cm³/mol. The minimum atomic E-state index is -4.04. The predicted octanol–water partition coefficient (Wildman–Crippen LogP) is 5.74. The first kappa shape index (κ1) is 29.1. The zero-order valence-corrected chi connectivity index (χ0v) is 26.0. The van der Waals surface area contributed by atoms with E-state index in [9.17, 15) is 18.0 Å². The molecule has 11 heteroatoms. The third kappa shape index (κ3) is 5.55. The molecule has 0 spiro atoms. The van der Waals surface area contributed by atoms with Crippen LogP contribution < -0.4 is 10.0 Å². The number of hydrogen-bond donors (Lipinski definition) is 2. The number of nitrogens with zero attached hydrogens (tertiary/aromatic N) is 3. The molecule has 3 aromatic carbocycles. The van der Waals surface area contributed by atoms with E-state index in [1.807, 2.05) is 60.1 Å². The molecular weight excluding hydrogens is 610 g/mol. The Balaban J connectivity index is 1.14. The molecule has 0 atom stereocenters. The molecule has 2 aromatic heterocycles. The van der Waals surface area contributed by atoms with Gasteiger partial charge in [0.15, 0.2) is 0 Å². The van der Waals surface area contributed by atoms with Crippen molar-refractivity contribution in [1.29, 1.82) is 0 Å². The van der Waals surface area contributed by atoms with Gasteiger partial charge in [-0.25, -0.2) is 17.9 Å². The van der Waals surface area contributed by atoms with E-state index in [1.54, 1.807) is 11.1 Å². The highest BCUT2D eigenvalue weighted by atomic mass is 35.5. The first-order chi connectivity index (χ1) is 21.6. The largest absolute Gasteiger partial charge is 0.340 e. The fourth-order valence-electron chi connectivity index (χ4n) is 6.07. The van der Waals surface area contributed by atoms with E-state index in [-0.39, 0.29) is 10.8 Å². The lowest BCUT2D eigenvalue weighted by Gasteiger charge is -2.24. The Morgan fingerprint density at radius 3 is 2.44 bits per heavy atom. The highest BCUT2D eigenvalue weighted by Crippen LogP contribution is 2.39. The third-order valence-corrected chi connectivity index (χ3v) is 10.2. The van der Waals surface area contributed by atoms with Crippen LogP contribution in [0.5, 0.6) is 0 Å². The van der Waals surface area contributed by atoms with Crippen LogP contribution in [0, 0.1) is 0 Å². The molecule has 1 saturated carbocycles. The normalized spacial score (nSPS) is 15.5. The van der Waals surface area contributed by atoms with E-state index in [2.05, 4.69) is 27.2 Å². The fourth-order valence-corrected chi connectivity index (χ4v) is 7.10. The average Bonchev–Trinajstić information content (AvgIpc) is 3.69. The van der Waals surface area contributed by atoms with Crippen molar-refractivity contribution < 1.29 is 18.0 Å². The molecule has 9 nitrogen and oxygen atoms in total. The summed E-state index contributed by atoms with van der Waals surface area (Å²) in [5, 5.41) is 4.32. The van der Waals surface area contributed by atoms with Crippen LogP contribution in [0.2, 0.25) is 5.02 Å². The van der Waals surface area contributed by atoms with Gasteiger partial charge < -0.3 is 14.8 Å². The molecule has 5 aromatic rings. The molecule has 1 aliphatic carbocycles. The summed E-state index contributed by atoms with van der Waals surface area (Å²) in [6.45, 7) is 0.654. The van der Waals surface area contributed by atoms with E-state index < -0.39 is 21.6 Å². The Labute approximate surface area is 265 Å². The number of amides is 3. The number of pyridine rings is 1. The van der Waals surface area contributed by atoms with E-state index in [1.165, 1.54) is 24.3 Å². The second-order valence-electron chi connectivity index (χ2n) is 11.7. The van der Waals surface area contributed by atoms with Crippen LogP contribution in [0.25, 0.3) is 27.8 Å².